The van der Waals surface area contributed by atoms with Crippen LogP contribution in [0.1, 0.15) is 50.3 Å². The molecule has 3 atom stereocenters. The lowest BCUT2D eigenvalue weighted by Crippen LogP contribution is -2.42. The van der Waals surface area contributed by atoms with Crippen molar-refractivity contribution in [3.8, 4) is 11.8 Å². The van der Waals surface area contributed by atoms with Gasteiger partial charge < -0.3 is 25.2 Å². The predicted molar refractivity (Wildman–Crippen MR) is 134 cm³/mol. The highest BCUT2D eigenvalue weighted by Crippen LogP contribution is 2.37. The summed E-state index contributed by atoms with van der Waals surface area (Å²) in [6, 6.07) is 10.6. The Morgan fingerprint density at radius 2 is 2.00 bits per heavy atom. The number of methoxy groups -OCH3 is 1. The first-order chi connectivity index (χ1) is 16.9. The van der Waals surface area contributed by atoms with Crippen LogP contribution >= 0.6 is 0 Å². The molecule has 9 heteroatoms. The minimum Gasteiger partial charge on any atom is -0.497 e. The Bertz CT molecular complexity index is 1020. The fraction of sp³-hybridized carbons (Fsp3) is 0.577. The number of aliphatic hydroxyl groups is 1. The lowest BCUT2D eigenvalue weighted by molar-refractivity contribution is 0.00926. The molecule has 1 saturated heterocycles. The number of ether oxygens (including phenoxy) is 2. The van der Waals surface area contributed by atoms with Gasteiger partial charge in [-0.05, 0) is 42.4 Å². The van der Waals surface area contributed by atoms with Gasteiger partial charge in [0.1, 0.15) is 23.2 Å². The van der Waals surface area contributed by atoms with Crippen molar-refractivity contribution < 1.29 is 14.6 Å². The zero-order valence-corrected chi connectivity index (χ0v) is 20.8. The van der Waals surface area contributed by atoms with Gasteiger partial charge >= 0.3 is 0 Å². The van der Waals surface area contributed by atoms with Gasteiger partial charge in [-0.1, -0.05) is 26.0 Å². The maximum absolute atomic E-state index is 10.3. The smallest absolute Gasteiger partial charge is 0.224 e. The molecule has 0 spiro atoms. The van der Waals surface area contributed by atoms with E-state index in [1.165, 1.54) is 5.56 Å². The van der Waals surface area contributed by atoms with E-state index in [1.54, 1.807) is 13.3 Å². The summed E-state index contributed by atoms with van der Waals surface area (Å²) in [5.41, 5.74) is 1.41. The van der Waals surface area contributed by atoms with E-state index < -0.39 is 0 Å². The second-order valence-electron chi connectivity index (χ2n) is 10.0. The van der Waals surface area contributed by atoms with Crippen LogP contribution in [0.3, 0.4) is 0 Å². The molecule has 35 heavy (non-hydrogen) atoms. The van der Waals surface area contributed by atoms with Crippen LogP contribution in [0, 0.1) is 16.7 Å². The van der Waals surface area contributed by atoms with E-state index in [0.29, 0.717) is 37.1 Å². The topological polar surface area (TPSA) is 116 Å². The summed E-state index contributed by atoms with van der Waals surface area (Å²) < 4.78 is 10.9. The number of anilines is 2. The van der Waals surface area contributed by atoms with Gasteiger partial charge in [0.2, 0.25) is 5.95 Å². The molecule has 0 radical (unpaired) electrons. The minimum absolute atomic E-state index is 0.112. The van der Waals surface area contributed by atoms with Crippen LogP contribution < -0.4 is 15.4 Å². The highest BCUT2D eigenvalue weighted by atomic mass is 16.5. The van der Waals surface area contributed by atoms with Crippen LogP contribution in [-0.2, 0) is 4.74 Å². The summed E-state index contributed by atoms with van der Waals surface area (Å²) in [6.45, 7) is 7.88. The third-order valence-corrected chi connectivity index (χ3v) is 7.15. The summed E-state index contributed by atoms with van der Waals surface area (Å²) in [5.74, 6) is 1.84. The zero-order chi connectivity index (χ0) is 24.8. The monoisotopic (exact) mass is 480 g/mol. The number of hydrogen-bond acceptors (Lipinski definition) is 9. The lowest BCUT2D eigenvalue weighted by atomic mass is 9.73. The first-order valence-corrected chi connectivity index (χ1v) is 12.3. The number of nitriles is 1. The van der Waals surface area contributed by atoms with E-state index in [4.69, 9.17) is 9.47 Å². The van der Waals surface area contributed by atoms with Crippen molar-refractivity contribution in [3.05, 3.63) is 41.6 Å². The predicted octanol–water partition coefficient (Wildman–Crippen LogP) is 3.19. The molecular weight excluding hydrogens is 444 g/mol. The second kappa shape index (κ2) is 11.2. The minimum atomic E-state index is -0.311. The van der Waals surface area contributed by atoms with Gasteiger partial charge in [-0.2, -0.15) is 10.2 Å². The fourth-order valence-electron chi connectivity index (χ4n) is 4.96. The van der Waals surface area contributed by atoms with Gasteiger partial charge in [-0.15, -0.1) is 0 Å². The fourth-order valence-corrected chi connectivity index (χ4v) is 4.96. The number of nitrogens with one attached hydrogen (secondary N) is 2. The molecule has 9 nitrogen and oxygen atoms in total. The van der Waals surface area contributed by atoms with Crippen LogP contribution in [0.2, 0.25) is 0 Å². The maximum atomic E-state index is 10.3. The molecule has 188 valence electrons. The van der Waals surface area contributed by atoms with Gasteiger partial charge in [0.15, 0.2) is 0 Å². The molecule has 1 unspecified atom stereocenters. The number of hydrogen-bond donors (Lipinski definition) is 3. The SMILES string of the molecule is COc1ccc(C(CNc2ncc(C#N)c(N[C@@H]3CC[C@H](O)C(C)(C)C3)n2)N2CCOCC2)cc1. The Balaban J connectivity index is 1.49. The third kappa shape index (κ3) is 6.20. The van der Waals surface area contributed by atoms with E-state index in [2.05, 4.69) is 57.6 Å². The number of nitrogens with zero attached hydrogens (tertiary/aromatic N) is 4. The van der Waals surface area contributed by atoms with E-state index in [-0.39, 0.29) is 23.6 Å². The van der Waals surface area contributed by atoms with Crippen molar-refractivity contribution >= 4 is 11.8 Å². The zero-order valence-electron chi connectivity index (χ0n) is 20.8. The lowest BCUT2D eigenvalue weighted by Gasteiger charge is -2.40. The number of rotatable bonds is 8. The molecule has 1 aliphatic carbocycles. The Hall–Kier alpha value is -2.93. The van der Waals surface area contributed by atoms with Crippen LogP contribution in [-0.4, -0.2) is 72.1 Å². The number of aliphatic hydroxyl groups excluding tert-OH is 1. The number of morpholine rings is 1. The first-order valence-electron chi connectivity index (χ1n) is 12.3. The Morgan fingerprint density at radius 1 is 1.26 bits per heavy atom. The van der Waals surface area contributed by atoms with Crippen LogP contribution in [0.25, 0.3) is 0 Å². The standard InChI is InChI=1S/C26H36N6O3/c1-26(2)14-20(6-9-23(26)33)30-24-19(15-27)16-28-25(31-24)29-17-22(32-10-12-35-13-11-32)18-4-7-21(34-3)8-5-18/h4-5,7-8,16,20,22-23,33H,6,9-14,17H2,1-3H3,(H2,28,29,30,31)/t20-,22?,23+/m1/s1. The van der Waals surface area contributed by atoms with Crippen molar-refractivity contribution in [1.82, 2.24) is 14.9 Å². The molecule has 2 fully saturated rings. The van der Waals surface area contributed by atoms with Crippen LogP contribution in [0.15, 0.2) is 30.5 Å². The molecule has 3 N–H and O–H groups in total. The molecule has 1 aromatic carbocycles. The molecule has 0 bridgehead atoms. The summed E-state index contributed by atoms with van der Waals surface area (Å²) in [6.07, 6.45) is 3.62. The first kappa shape index (κ1) is 25.2. The summed E-state index contributed by atoms with van der Waals surface area (Å²) in [4.78, 5) is 11.5. The molecule has 1 saturated carbocycles. The molecule has 0 amide bonds. The highest BCUT2D eigenvalue weighted by molar-refractivity contribution is 5.54. The second-order valence-corrected chi connectivity index (χ2v) is 10.0. The van der Waals surface area contributed by atoms with E-state index in [0.717, 1.165) is 38.1 Å². The summed E-state index contributed by atoms with van der Waals surface area (Å²) in [5, 5.41) is 26.7. The molecule has 1 aromatic heterocycles. The molecule has 2 aliphatic rings. The Morgan fingerprint density at radius 3 is 2.66 bits per heavy atom. The molecule has 2 aromatic rings. The summed E-state index contributed by atoms with van der Waals surface area (Å²) in [7, 11) is 1.67. The quantitative estimate of drug-likeness (QED) is 0.524. The normalized spacial score (nSPS) is 23.2. The Kier molecular flexibility index (Phi) is 8.06. The number of benzene rings is 1. The number of aromatic nitrogens is 2. The van der Waals surface area contributed by atoms with E-state index >= 15 is 0 Å². The van der Waals surface area contributed by atoms with E-state index in [1.807, 2.05) is 12.1 Å². The average molecular weight is 481 g/mol. The van der Waals surface area contributed by atoms with Crippen molar-refractivity contribution in [2.45, 2.75) is 51.3 Å². The van der Waals surface area contributed by atoms with Crippen molar-refractivity contribution in [2.24, 2.45) is 5.41 Å². The average Bonchev–Trinajstić information content (AvgIpc) is 2.87. The van der Waals surface area contributed by atoms with Gasteiger partial charge in [-0.3, -0.25) is 4.90 Å². The third-order valence-electron chi connectivity index (χ3n) is 7.15. The van der Waals surface area contributed by atoms with Crippen LogP contribution in [0.5, 0.6) is 5.75 Å². The van der Waals surface area contributed by atoms with Crippen molar-refractivity contribution in [1.29, 1.82) is 5.26 Å². The van der Waals surface area contributed by atoms with Gasteiger partial charge in [0.05, 0.1) is 38.7 Å². The van der Waals surface area contributed by atoms with Crippen molar-refractivity contribution in [3.63, 3.8) is 0 Å². The highest BCUT2D eigenvalue weighted by Gasteiger charge is 2.36. The molecule has 2 heterocycles. The van der Waals surface area contributed by atoms with Crippen LogP contribution in [0.4, 0.5) is 11.8 Å². The van der Waals surface area contributed by atoms with Gasteiger partial charge in [-0.25, -0.2) is 4.98 Å². The Labute approximate surface area is 207 Å². The maximum Gasteiger partial charge on any atom is 0.224 e. The molecule has 4 rings (SSSR count). The van der Waals surface area contributed by atoms with Gasteiger partial charge in [0.25, 0.3) is 0 Å². The summed E-state index contributed by atoms with van der Waals surface area (Å²) >= 11 is 0. The molecular formula is C26H36N6O3. The van der Waals surface area contributed by atoms with Gasteiger partial charge in [0, 0.05) is 25.7 Å². The largest absolute Gasteiger partial charge is 0.497 e. The molecule has 1 aliphatic heterocycles. The van der Waals surface area contributed by atoms with E-state index in [9.17, 15) is 10.4 Å². The van der Waals surface area contributed by atoms with Crippen molar-refractivity contribution in [2.75, 3.05) is 50.6 Å².